The van der Waals surface area contributed by atoms with Crippen molar-refractivity contribution in [1.29, 1.82) is 0 Å². The Hall–Kier alpha value is -6.76. The molecule has 0 amide bonds. The van der Waals surface area contributed by atoms with E-state index in [1.54, 1.807) is 0 Å². The fourth-order valence-electron chi connectivity index (χ4n) is 9.43. The van der Waals surface area contributed by atoms with Crippen LogP contribution in [0.3, 0.4) is 0 Å². The van der Waals surface area contributed by atoms with Crippen LogP contribution >= 0.6 is 0 Å². The Morgan fingerprint density at radius 1 is 0.273 bits per heavy atom. The summed E-state index contributed by atoms with van der Waals surface area (Å²) in [5, 5.41) is 10.2. The van der Waals surface area contributed by atoms with E-state index in [1.807, 2.05) is 0 Å². The average Bonchev–Trinajstić information content (AvgIpc) is 3.46. The van der Waals surface area contributed by atoms with Crippen molar-refractivity contribution < 1.29 is 0 Å². The molecule has 0 unspecified atom stereocenters. The van der Waals surface area contributed by atoms with Crippen LogP contribution in [0.1, 0.15) is 25.0 Å². The van der Waals surface area contributed by atoms with Crippen LogP contribution in [0, 0.1) is 0 Å². The zero-order chi connectivity index (χ0) is 36.7. The predicted octanol–water partition coefficient (Wildman–Crippen LogP) is 15.3. The molecule has 11 rings (SSSR count). The van der Waals surface area contributed by atoms with Crippen molar-refractivity contribution in [1.82, 2.24) is 0 Å². The van der Waals surface area contributed by atoms with Crippen LogP contribution in [-0.2, 0) is 5.41 Å². The van der Waals surface area contributed by atoms with E-state index in [0.29, 0.717) is 0 Å². The highest BCUT2D eigenvalue weighted by molar-refractivity contribution is 6.21. The minimum atomic E-state index is -0.0871. The first-order valence-electron chi connectivity index (χ1n) is 19.3. The van der Waals surface area contributed by atoms with Crippen LogP contribution in [0.15, 0.2) is 194 Å². The molecule has 0 N–H and O–H groups in total. The lowest BCUT2D eigenvalue weighted by molar-refractivity contribution is 0.661. The molecule has 0 radical (unpaired) electrons. The van der Waals surface area contributed by atoms with Crippen LogP contribution in [0.4, 0.5) is 0 Å². The lowest BCUT2D eigenvalue weighted by Gasteiger charge is -2.22. The molecule has 0 aliphatic heterocycles. The van der Waals surface area contributed by atoms with Gasteiger partial charge in [-0.3, -0.25) is 0 Å². The summed E-state index contributed by atoms with van der Waals surface area (Å²) < 4.78 is 0. The Morgan fingerprint density at radius 3 is 1.27 bits per heavy atom. The van der Waals surface area contributed by atoms with Crippen molar-refractivity contribution in [3.63, 3.8) is 0 Å². The second-order valence-corrected chi connectivity index (χ2v) is 15.7. The molecule has 10 aromatic carbocycles. The Labute approximate surface area is 322 Å². The molecule has 55 heavy (non-hydrogen) atoms. The summed E-state index contributed by atoms with van der Waals surface area (Å²) >= 11 is 0. The van der Waals surface area contributed by atoms with Gasteiger partial charge in [0, 0.05) is 5.41 Å². The van der Waals surface area contributed by atoms with Crippen molar-refractivity contribution in [2.75, 3.05) is 0 Å². The van der Waals surface area contributed by atoms with E-state index < -0.39 is 0 Å². The lowest BCUT2D eigenvalue weighted by atomic mass is 9.81. The average molecular weight is 699 g/mol. The smallest absolute Gasteiger partial charge is 0.0159 e. The van der Waals surface area contributed by atoms with Gasteiger partial charge in [0.2, 0.25) is 0 Å². The summed E-state index contributed by atoms with van der Waals surface area (Å²) in [7, 11) is 0. The molecule has 0 heterocycles. The van der Waals surface area contributed by atoms with Gasteiger partial charge in [0.1, 0.15) is 0 Å². The minimum Gasteiger partial charge on any atom is -0.0616 e. The summed E-state index contributed by atoms with van der Waals surface area (Å²) in [6.07, 6.45) is 0. The highest BCUT2D eigenvalue weighted by atomic mass is 14.4. The Morgan fingerprint density at radius 2 is 0.691 bits per heavy atom. The fraction of sp³-hybridized carbons (Fsp3) is 0.0545. The van der Waals surface area contributed by atoms with Crippen molar-refractivity contribution in [2.24, 2.45) is 0 Å². The van der Waals surface area contributed by atoms with Gasteiger partial charge in [-0.05, 0) is 146 Å². The summed E-state index contributed by atoms with van der Waals surface area (Å²) in [6.45, 7) is 4.76. The maximum atomic E-state index is 2.45. The first-order chi connectivity index (χ1) is 27.0. The predicted molar refractivity (Wildman–Crippen MR) is 236 cm³/mol. The first-order valence-corrected chi connectivity index (χ1v) is 19.3. The van der Waals surface area contributed by atoms with Crippen LogP contribution in [0.25, 0.3) is 98.7 Å². The second-order valence-electron chi connectivity index (χ2n) is 15.7. The van der Waals surface area contributed by atoms with Gasteiger partial charge in [0.05, 0.1) is 0 Å². The molecule has 0 saturated carbocycles. The quantitative estimate of drug-likeness (QED) is 0.161. The highest BCUT2D eigenvalue weighted by Crippen LogP contribution is 2.51. The van der Waals surface area contributed by atoms with Crippen molar-refractivity contribution in [3.8, 4) is 55.6 Å². The molecule has 0 heteroatoms. The molecule has 0 saturated heterocycles. The zero-order valence-electron chi connectivity index (χ0n) is 31.0. The molecule has 1 aliphatic rings. The maximum absolute atomic E-state index is 2.45. The number of fused-ring (bicyclic) bond motifs is 7. The summed E-state index contributed by atoms with van der Waals surface area (Å²) in [5.41, 5.74) is 15.4. The SMILES string of the molecule is CC1(C)c2cc(-c3cccc(-c4c5ccccc5c(-c5cccc(-c6ccc7ccccc7c6)c5)c5ccccc45)c3)ccc2-c2cc3ccccc3cc21. The number of hydrogen-bond donors (Lipinski definition) is 0. The molecular weight excluding hydrogens is 661 g/mol. The van der Waals surface area contributed by atoms with Gasteiger partial charge in [-0.25, -0.2) is 0 Å². The van der Waals surface area contributed by atoms with E-state index in [2.05, 4.69) is 208 Å². The van der Waals surface area contributed by atoms with Crippen LogP contribution < -0.4 is 0 Å². The van der Waals surface area contributed by atoms with E-state index in [4.69, 9.17) is 0 Å². The zero-order valence-corrected chi connectivity index (χ0v) is 31.0. The van der Waals surface area contributed by atoms with Gasteiger partial charge >= 0.3 is 0 Å². The molecule has 0 aromatic heterocycles. The third-order valence-corrected chi connectivity index (χ3v) is 12.2. The molecule has 0 bridgehead atoms. The normalized spacial score (nSPS) is 13.1. The summed E-state index contributed by atoms with van der Waals surface area (Å²) in [4.78, 5) is 0. The molecule has 10 aromatic rings. The van der Waals surface area contributed by atoms with E-state index in [-0.39, 0.29) is 5.41 Å². The van der Waals surface area contributed by atoms with Gasteiger partial charge < -0.3 is 0 Å². The van der Waals surface area contributed by atoms with Gasteiger partial charge in [-0.2, -0.15) is 0 Å². The van der Waals surface area contributed by atoms with Crippen molar-refractivity contribution in [3.05, 3.63) is 205 Å². The highest BCUT2D eigenvalue weighted by Gasteiger charge is 2.36. The Kier molecular flexibility index (Phi) is 7.00. The van der Waals surface area contributed by atoms with Gasteiger partial charge in [-0.15, -0.1) is 0 Å². The number of rotatable bonds is 4. The van der Waals surface area contributed by atoms with Gasteiger partial charge in [0.15, 0.2) is 0 Å². The van der Waals surface area contributed by atoms with E-state index in [1.165, 1.54) is 110 Å². The van der Waals surface area contributed by atoms with Gasteiger partial charge in [0.25, 0.3) is 0 Å². The molecule has 0 fully saturated rings. The molecule has 0 spiro atoms. The molecule has 0 nitrogen and oxygen atoms in total. The third-order valence-electron chi connectivity index (χ3n) is 12.2. The lowest BCUT2D eigenvalue weighted by Crippen LogP contribution is -2.15. The number of hydrogen-bond acceptors (Lipinski definition) is 0. The topological polar surface area (TPSA) is 0 Å². The van der Waals surface area contributed by atoms with Gasteiger partial charge in [-0.1, -0.05) is 172 Å². The molecule has 1 aliphatic carbocycles. The van der Waals surface area contributed by atoms with E-state index in [0.717, 1.165) is 0 Å². The third kappa shape index (κ3) is 4.99. The van der Waals surface area contributed by atoms with Crippen LogP contribution in [0.5, 0.6) is 0 Å². The fourth-order valence-corrected chi connectivity index (χ4v) is 9.43. The van der Waals surface area contributed by atoms with Crippen LogP contribution in [0.2, 0.25) is 0 Å². The van der Waals surface area contributed by atoms with Crippen LogP contribution in [-0.4, -0.2) is 0 Å². The molecule has 258 valence electrons. The Balaban J connectivity index is 1.05. The molecular formula is C55H38. The Bertz CT molecular complexity index is 3120. The van der Waals surface area contributed by atoms with E-state index in [9.17, 15) is 0 Å². The summed E-state index contributed by atoms with van der Waals surface area (Å²) in [6, 6.07) is 72.2. The molecule has 0 atom stereocenters. The maximum Gasteiger partial charge on any atom is 0.0159 e. The second kappa shape index (κ2) is 12.1. The standard InChI is InChI=1S/C55H38/c1-55(2)51-34-42(27-28-45(51)50-32-39-15-5-6-16-40(39)33-52(50)55)38-18-12-20-44(31-38)54-48-23-9-7-21-46(48)53(47-22-8-10-24-49(47)54)43-19-11-17-37(30-43)41-26-25-35-13-3-4-14-36(35)29-41/h3-34H,1-2H3. The summed E-state index contributed by atoms with van der Waals surface area (Å²) in [5.74, 6) is 0. The van der Waals surface area contributed by atoms with Crippen molar-refractivity contribution in [2.45, 2.75) is 19.3 Å². The minimum absolute atomic E-state index is 0.0871. The first kappa shape index (κ1) is 31.7. The number of benzene rings is 10. The largest absolute Gasteiger partial charge is 0.0616 e. The van der Waals surface area contributed by atoms with E-state index >= 15 is 0 Å². The van der Waals surface area contributed by atoms with Crippen molar-refractivity contribution >= 4 is 43.1 Å². The monoisotopic (exact) mass is 698 g/mol.